The van der Waals surface area contributed by atoms with Crippen LogP contribution in [0.4, 0.5) is 10.5 Å². The molecule has 0 aliphatic carbocycles. The lowest BCUT2D eigenvalue weighted by atomic mass is 10.2. The number of fused-ring (bicyclic) bond motifs is 2. The van der Waals surface area contributed by atoms with Crippen LogP contribution in [0.1, 0.15) is 6.42 Å². The molecular weight excluding hydrogens is 440 g/mol. The number of amides is 3. The van der Waals surface area contributed by atoms with Gasteiger partial charge in [0.25, 0.3) is 11.5 Å². The molecule has 3 aromatic rings. The summed E-state index contributed by atoms with van der Waals surface area (Å²) in [4.78, 5) is 52.8. The van der Waals surface area contributed by atoms with Crippen LogP contribution in [-0.4, -0.2) is 47.3 Å². The molecule has 12 heteroatoms. The fourth-order valence-electron chi connectivity index (χ4n) is 2.93. The second kappa shape index (κ2) is 9.47. The van der Waals surface area contributed by atoms with Crippen LogP contribution in [0, 0.1) is 0 Å². The molecule has 0 bridgehead atoms. The van der Waals surface area contributed by atoms with E-state index in [4.69, 9.17) is 14.2 Å². The highest BCUT2D eigenvalue weighted by Crippen LogP contribution is 2.32. The van der Waals surface area contributed by atoms with Crippen LogP contribution in [0.2, 0.25) is 0 Å². The van der Waals surface area contributed by atoms with E-state index in [1.807, 2.05) is 0 Å². The number of imide groups is 1. The minimum absolute atomic E-state index is 0.0582. The number of anilines is 1. The number of carbonyl (C=O) groups excluding carboxylic acids is 3. The van der Waals surface area contributed by atoms with Crippen LogP contribution in [-0.2, 0) is 20.9 Å². The second-order valence-electron chi connectivity index (χ2n) is 6.65. The monoisotopic (exact) mass is 458 g/mol. The number of hydrogen-bond acceptors (Lipinski definition) is 9. The Kier molecular flexibility index (Phi) is 6.31. The van der Waals surface area contributed by atoms with Crippen molar-refractivity contribution in [2.24, 2.45) is 0 Å². The molecule has 1 aromatic carbocycles. The number of rotatable bonds is 6. The van der Waals surface area contributed by atoms with Gasteiger partial charge in [0.05, 0.1) is 18.1 Å². The van der Waals surface area contributed by atoms with Crippen molar-refractivity contribution in [2.75, 3.05) is 25.1 Å². The molecule has 0 saturated carbocycles. The first-order chi connectivity index (χ1) is 15.5. The van der Waals surface area contributed by atoms with E-state index in [1.165, 1.54) is 22.2 Å². The molecule has 3 heterocycles. The number of carbonyl (C=O) groups is 3. The molecule has 0 saturated heterocycles. The Morgan fingerprint density at radius 3 is 2.81 bits per heavy atom. The summed E-state index contributed by atoms with van der Waals surface area (Å²) in [5, 5.41) is 6.79. The third-order valence-corrected chi connectivity index (χ3v) is 5.25. The van der Waals surface area contributed by atoms with E-state index in [-0.39, 0.29) is 18.5 Å². The van der Waals surface area contributed by atoms with Crippen molar-refractivity contribution >= 4 is 45.1 Å². The van der Waals surface area contributed by atoms with Gasteiger partial charge in [-0.05, 0) is 23.6 Å². The largest absolute Gasteiger partial charge is 0.486 e. The van der Waals surface area contributed by atoms with E-state index in [2.05, 4.69) is 15.6 Å². The lowest BCUT2D eigenvalue weighted by molar-refractivity contribution is -0.148. The van der Waals surface area contributed by atoms with E-state index in [0.29, 0.717) is 40.6 Å². The van der Waals surface area contributed by atoms with Crippen LogP contribution < -0.4 is 25.7 Å². The molecule has 166 valence electrons. The van der Waals surface area contributed by atoms with Crippen molar-refractivity contribution in [3.05, 3.63) is 46.3 Å². The Balaban J connectivity index is 1.21. The predicted molar refractivity (Wildman–Crippen MR) is 114 cm³/mol. The van der Waals surface area contributed by atoms with Crippen molar-refractivity contribution in [1.29, 1.82) is 0 Å². The lowest BCUT2D eigenvalue weighted by Crippen LogP contribution is -2.37. The first-order valence-electron chi connectivity index (χ1n) is 9.58. The van der Waals surface area contributed by atoms with Gasteiger partial charge in [-0.1, -0.05) is 0 Å². The average molecular weight is 458 g/mol. The summed E-state index contributed by atoms with van der Waals surface area (Å²) in [6.07, 6.45) is 1.23. The summed E-state index contributed by atoms with van der Waals surface area (Å²) in [6, 6.07) is 5.70. The summed E-state index contributed by atoms with van der Waals surface area (Å²) in [5.74, 6) is -0.433. The van der Waals surface area contributed by atoms with Gasteiger partial charge in [0.2, 0.25) is 0 Å². The Bertz CT molecular complexity index is 1240. The number of nitrogens with zero attached hydrogens (tertiary/aromatic N) is 2. The van der Waals surface area contributed by atoms with Gasteiger partial charge in [-0.15, -0.1) is 11.3 Å². The van der Waals surface area contributed by atoms with Crippen molar-refractivity contribution in [2.45, 2.75) is 13.0 Å². The van der Waals surface area contributed by atoms with Crippen LogP contribution >= 0.6 is 11.3 Å². The maximum absolute atomic E-state index is 12.3. The number of aryl methyl sites for hydroxylation is 1. The van der Waals surface area contributed by atoms with E-state index in [1.54, 1.807) is 29.6 Å². The van der Waals surface area contributed by atoms with E-state index in [0.717, 1.165) is 0 Å². The van der Waals surface area contributed by atoms with Crippen LogP contribution in [0.25, 0.3) is 10.2 Å². The number of benzene rings is 1. The number of esters is 1. The van der Waals surface area contributed by atoms with Gasteiger partial charge >= 0.3 is 12.0 Å². The van der Waals surface area contributed by atoms with Crippen molar-refractivity contribution in [3.63, 3.8) is 0 Å². The number of aromatic nitrogens is 2. The summed E-state index contributed by atoms with van der Waals surface area (Å²) in [6.45, 7) is 0.276. The highest BCUT2D eigenvalue weighted by atomic mass is 32.1. The van der Waals surface area contributed by atoms with Crippen LogP contribution in [0.15, 0.2) is 40.8 Å². The predicted octanol–water partition coefficient (Wildman–Crippen LogP) is 1.51. The average Bonchev–Trinajstić information content (AvgIpc) is 3.27. The Hall–Kier alpha value is -3.93. The van der Waals surface area contributed by atoms with Crippen LogP contribution in [0.5, 0.6) is 11.5 Å². The maximum atomic E-state index is 12.3. The number of hydrogen-bond donors (Lipinski definition) is 2. The quantitative estimate of drug-likeness (QED) is 0.530. The summed E-state index contributed by atoms with van der Waals surface area (Å²) >= 11 is 1.35. The molecular formula is C20H18N4O7S. The molecule has 0 fully saturated rings. The molecule has 2 aromatic heterocycles. The molecule has 2 N–H and O–H groups in total. The van der Waals surface area contributed by atoms with E-state index in [9.17, 15) is 19.2 Å². The van der Waals surface area contributed by atoms with Crippen LogP contribution in [0.3, 0.4) is 0 Å². The smallest absolute Gasteiger partial charge is 0.325 e. The first kappa shape index (κ1) is 21.3. The number of ether oxygens (including phenoxy) is 3. The minimum atomic E-state index is -0.799. The second-order valence-corrected chi connectivity index (χ2v) is 7.55. The summed E-state index contributed by atoms with van der Waals surface area (Å²) in [5.41, 5.74) is 0.149. The Morgan fingerprint density at radius 1 is 1.16 bits per heavy atom. The number of urea groups is 1. The first-order valence-corrected chi connectivity index (χ1v) is 10.5. The Labute approximate surface area is 184 Å². The minimum Gasteiger partial charge on any atom is -0.486 e. The third-order valence-electron chi connectivity index (χ3n) is 4.42. The zero-order valence-corrected chi connectivity index (χ0v) is 17.5. The highest BCUT2D eigenvalue weighted by molar-refractivity contribution is 7.16. The highest BCUT2D eigenvalue weighted by Gasteiger charge is 2.15. The van der Waals surface area contributed by atoms with Gasteiger partial charge in [0.1, 0.15) is 18.0 Å². The standard InChI is InChI=1S/C20H18N4O7S/c25-16(23-20(28)22-12-1-2-14-15(9-12)30-7-6-29-14)10-31-17(26)3-5-24-11-21-18-13(19(24)27)4-8-32-18/h1-2,4,8-9,11H,3,5-7,10H2,(H2,22,23,25,28). The van der Waals surface area contributed by atoms with Crippen molar-refractivity contribution in [3.8, 4) is 11.5 Å². The lowest BCUT2D eigenvalue weighted by Gasteiger charge is -2.19. The maximum Gasteiger partial charge on any atom is 0.325 e. The van der Waals surface area contributed by atoms with Gasteiger partial charge in [-0.2, -0.15) is 0 Å². The molecule has 11 nitrogen and oxygen atoms in total. The molecule has 0 spiro atoms. The molecule has 0 unspecified atom stereocenters. The van der Waals surface area contributed by atoms with E-state index >= 15 is 0 Å². The van der Waals surface area contributed by atoms with Gasteiger partial charge < -0.3 is 19.5 Å². The molecule has 32 heavy (non-hydrogen) atoms. The summed E-state index contributed by atoms with van der Waals surface area (Å²) < 4.78 is 17.0. The normalized spacial score (nSPS) is 12.2. The van der Waals surface area contributed by atoms with Gasteiger partial charge in [0, 0.05) is 18.3 Å². The topological polar surface area (TPSA) is 138 Å². The summed E-state index contributed by atoms with van der Waals surface area (Å²) in [7, 11) is 0. The molecule has 3 amide bonds. The molecule has 1 aliphatic rings. The van der Waals surface area contributed by atoms with Gasteiger partial charge in [-0.3, -0.25) is 24.3 Å². The molecule has 4 rings (SSSR count). The molecule has 0 atom stereocenters. The van der Waals surface area contributed by atoms with E-state index < -0.39 is 24.5 Å². The Morgan fingerprint density at radius 2 is 1.97 bits per heavy atom. The van der Waals surface area contributed by atoms with Crippen molar-refractivity contribution in [1.82, 2.24) is 14.9 Å². The zero-order chi connectivity index (χ0) is 22.5. The molecule has 1 aliphatic heterocycles. The van der Waals surface area contributed by atoms with Gasteiger partial charge in [-0.25, -0.2) is 9.78 Å². The van der Waals surface area contributed by atoms with Crippen molar-refractivity contribution < 1.29 is 28.6 Å². The number of nitrogens with one attached hydrogen (secondary N) is 2. The SMILES string of the molecule is O=C(COC(=O)CCn1cnc2sccc2c1=O)NC(=O)Nc1ccc2c(c1)OCCO2. The molecule has 0 radical (unpaired) electrons. The third kappa shape index (κ3) is 5.03. The fourth-order valence-corrected chi connectivity index (χ4v) is 3.65. The van der Waals surface area contributed by atoms with Gasteiger partial charge in [0.15, 0.2) is 18.1 Å². The zero-order valence-electron chi connectivity index (χ0n) is 16.7. The fraction of sp³-hybridized carbons (Fsp3) is 0.250. The number of thiophene rings is 1.